The fourth-order valence-electron chi connectivity index (χ4n) is 5.78. The van der Waals surface area contributed by atoms with Crippen molar-refractivity contribution in [3.63, 3.8) is 0 Å². The van der Waals surface area contributed by atoms with Crippen molar-refractivity contribution in [3.8, 4) is 0 Å². The second kappa shape index (κ2) is 26.5. The molecule has 0 aliphatic heterocycles. The quantitative estimate of drug-likeness (QED) is 0.248. The predicted octanol–water partition coefficient (Wildman–Crippen LogP) is 13.4. The largest absolute Gasteiger partial charge is 3.00 e. The number of hydrogen-bond acceptors (Lipinski definition) is 0. The van der Waals surface area contributed by atoms with Crippen LogP contribution in [0.25, 0.3) is 0 Å². The Morgan fingerprint density at radius 3 is 0.312 bits per heavy atom. The summed E-state index contributed by atoms with van der Waals surface area (Å²) in [5, 5.41) is 0. The minimum Gasteiger partial charge on any atom is -0.0579 e. The van der Waals surface area contributed by atoms with E-state index in [1.807, 2.05) is 12.8 Å². The molecule has 4 aliphatic carbocycles. The summed E-state index contributed by atoms with van der Waals surface area (Å²) in [6, 6.07) is 0. The van der Waals surface area contributed by atoms with Gasteiger partial charge in [0.25, 0.3) is 0 Å². The van der Waals surface area contributed by atoms with Gasteiger partial charge in [0, 0.05) is 0 Å². The average molecular weight is 922 g/mol. The molecule has 0 aromatic carbocycles. The number of hydrogen-bond donors (Lipinski definition) is 0. The number of rotatable bonds is 3. The third kappa shape index (κ3) is 15.1. The summed E-state index contributed by atoms with van der Waals surface area (Å²) in [5.41, 5.74) is 0. The van der Waals surface area contributed by atoms with Crippen LogP contribution in [0.4, 0.5) is 0 Å². The molecule has 0 aromatic rings. The summed E-state index contributed by atoms with van der Waals surface area (Å²) < 4.78 is 0. The number of unbranched alkanes of at least 4 members (excludes halogenated alkanes) is 3. The van der Waals surface area contributed by atoms with E-state index in [4.69, 9.17) is 0 Å². The van der Waals surface area contributed by atoms with Gasteiger partial charge in [-0.05, 0) is 158 Å². The summed E-state index contributed by atoms with van der Waals surface area (Å²) in [7, 11) is 0. The van der Waals surface area contributed by atoms with Crippen molar-refractivity contribution in [2.75, 3.05) is 0 Å². The van der Waals surface area contributed by atoms with E-state index in [1.54, 1.807) is 12.8 Å². The summed E-state index contributed by atoms with van der Waals surface area (Å²) in [4.78, 5) is 0. The van der Waals surface area contributed by atoms with E-state index in [0.29, 0.717) is 0 Å². The van der Waals surface area contributed by atoms with Gasteiger partial charge in [0.05, 0.1) is 0 Å². The first kappa shape index (κ1) is 55.0. The van der Waals surface area contributed by atoms with Gasteiger partial charge in [-0.3, -0.25) is 0 Å². The van der Waals surface area contributed by atoms with E-state index in [2.05, 4.69) is 152 Å². The molecule has 0 amide bonds. The fourth-order valence-corrected chi connectivity index (χ4v) is 5.78. The van der Waals surface area contributed by atoms with Crippen molar-refractivity contribution < 1.29 is 80.8 Å². The molecule has 0 bridgehead atoms. The fraction of sp³-hybridized carbons (Fsp3) is 0.435. The Labute approximate surface area is 372 Å². The Kier molecular flexibility index (Phi) is 30.3. The maximum Gasteiger partial charge on any atom is 3.00 e. The van der Waals surface area contributed by atoms with Gasteiger partial charge < -0.3 is 0 Å². The van der Waals surface area contributed by atoms with Crippen LogP contribution in [0.2, 0.25) is 0 Å². The van der Waals surface area contributed by atoms with E-state index >= 15 is 0 Å². The van der Waals surface area contributed by atoms with Crippen LogP contribution in [0, 0.1) is 239 Å². The smallest absolute Gasteiger partial charge is 0.0579 e. The van der Waals surface area contributed by atoms with Gasteiger partial charge in [-0.15, -0.1) is 0 Å². The molecule has 4 saturated carbocycles. The molecule has 0 spiro atoms. The maximum atomic E-state index is 3.46. The zero-order valence-electron chi connectivity index (χ0n) is 34.5. The van der Waals surface area contributed by atoms with Crippen molar-refractivity contribution in [1.82, 2.24) is 0 Å². The van der Waals surface area contributed by atoms with Crippen LogP contribution in [0.3, 0.4) is 0 Å². The molecule has 258 valence electrons. The minimum absolute atomic E-state index is 0. The maximum absolute atomic E-state index is 3.46. The van der Waals surface area contributed by atoms with Crippen LogP contribution < -0.4 is 0 Å². The van der Waals surface area contributed by atoms with Crippen LogP contribution in [-0.4, -0.2) is 0 Å². The normalized spacial score (nSPS) is 24.9. The monoisotopic (exact) mass is 924 g/mol. The molecule has 0 nitrogen and oxygen atoms in total. The molecule has 48 heavy (non-hydrogen) atoms. The summed E-state index contributed by atoms with van der Waals surface area (Å²) >= 11 is 0. The standard InChI is InChI=1S/4C10H15.C6H8.2Sm/c4*1-6-7(2)9(4)10(5)8(6)3;1-3-5-6-4-2;;/h4*1-5H3;3-6H,1-2H2;;/q;;;;;2*+3. The molecule has 4 rings (SSSR count). The van der Waals surface area contributed by atoms with Gasteiger partial charge in [0.1, 0.15) is 0 Å². The average Bonchev–Trinajstić information content (AvgIpc) is 3.48. The molecule has 0 saturated heterocycles. The van der Waals surface area contributed by atoms with E-state index in [0.717, 1.165) is 0 Å². The van der Waals surface area contributed by atoms with Crippen molar-refractivity contribution in [2.45, 2.75) is 138 Å². The molecule has 4 fully saturated rings. The van der Waals surface area contributed by atoms with Crippen molar-refractivity contribution >= 4 is 0 Å². The Balaban J connectivity index is -0.000000527. The first-order valence-electron chi connectivity index (χ1n) is 16.8. The molecule has 0 heterocycles. The van der Waals surface area contributed by atoms with Crippen LogP contribution in [0.15, 0.2) is 0 Å². The summed E-state index contributed by atoms with van der Waals surface area (Å²) in [6.07, 6.45) is 7.07. The van der Waals surface area contributed by atoms with Crippen molar-refractivity contribution in [1.29, 1.82) is 0 Å². The topological polar surface area (TPSA) is 0 Å². The summed E-state index contributed by atoms with van der Waals surface area (Å²) in [6.45, 7) is 50.9. The molecule has 0 atom stereocenters. The molecule has 0 aromatic heterocycles. The van der Waals surface area contributed by atoms with Gasteiger partial charge in [-0.1, -0.05) is 138 Å². The van der Waals surface area contributed by atoms with Gasteiger partial charge in [0.15, 0.2) is 0 Å². The predicted molar refractivity (Wildman–Crippen MR) is 206 cm³/mol. The van der Waals surface area contributed by atoms with E-state index in [-0.39, 0.29) is 80.8 Å². The van der Waals surface area contributed by atoms with Gasteiger partial charge >= 0.3 is 80.8 Å². The molecule has 0 N–H and O–H groups in total. The van der Waals surface area contributed by atoms with E-state index in [9.17, 15) is 0 Å². The van der Waals surface area contributed by atoms with Crippen molar-refractivity contribution in [3.05, 3.63) is 158 Å². The zero-order valence-corrected chi connectivity index (χ0v) is 39.8. The molecule has 2 heteroatoms. The third-order valence-electron chi connectivity index (χ3n) is 11.6. The first-order chi connectivity index (χ1) is 21.1. The Hall–Kier alpha value is 2.68. The molecule has 4 aliphatic rings. The van der Waals surface area contributed by atoms with Crippen LogP contribution in [0.5, 0.6) is 0 Å². The van der Waals surface area contributed by atoms with E-state index < -0.39 is 0 Å². The molecule has 0 unspecified atom stereocenters. The first-order valence-corrected chi connectivity index (χ1v) is 16.8. The van der Waals surface area contributed by atoms with Crippen molar-refractivity contribution in [2.24, 2.45) is 0 Å². The Morgan fingerprint density at radius 2 is 0.271 bits per heavy atom. The minimum atomic E-state index is 0. The van der Waals surface area contributed by atoms with Crippen LogP contribution in [-0.2, 0) is 0 Å². The van der Waals surface area contributed by atoms with Gasteiger partial charge in [-0.2, -0.15) is 0 Å². The second-order valence-electron chi connectivity index (χ2n) is 13.4. The Bertz CT molecular complexity index is 477. The molecular formula is C46H68Sm2+6. The zero-order chi connectivity index (χ0) is 36.4. The van der Waals surface area contributed by atoms with Crippen LogP contribution in [0.1, 0.15) is 138 Å². The van der Waals surface area contributed by atoms with Gasteiger partial charge in [0.2, 0.25) is 0 Å². The Morgan fingerprint density at radius 1 is 0.208 bits per heavy atom. The second-order valence-corrected chi connectivity index (χ2v) is 13.4. The van der Waals surface area contributed by atoms with Crippen LogP contribution >= 0.6 is 0 Å². The molecular weight excluding hydrogens is 853 g/mol. The third-order valence-corrected chi connectivity index (χ3v) is 11.6. The molecule has 28 radical (unpaired) electrons. The summed E-state index contributed by atoms with van der Waals surface area (Å²) in [5.74, 6) is 29.4. The van der Waals surface area contributed by atoms with E-state index in [1.165, 1.54) is 118 Å². The van der Waals surface area contributed by atoms with Gasteiger partial charge in [-0.25, -0.2) is 0 Å². The SMILES string of the molecule is C[C]1[C](C)[C](C)[C](C)[C]1C.C[C]1[C](C)[C](C)[C](C)[C]1C.C[C]1[C](C)[C](C)[C](C)[C]1C.C[C]1[C](C)[C](C)[C](C)[C]1C.[CH2][CH][CH][CH][CH][CH2].[Sm+3].[Sm+3].